The van der Waals surface area contributed by atoms with E-state index in [0.717, 1.165) is 19.3 Å². The molecule has 88 valence electrons. The highest BCUT2D eigenvalue weighted by Crippen LogP contribution is 2.27. The van der Waals surface area contributed by atoms with Gasteiger partial charge in [-0.25, -0.2) is 0 Å². The van der Waals surface area contributed by atoms with Crippen LogP contribution in [0.4, 0.5) is 0 Å². The van der Waals surface area contributed by atoms with Gasteiger partial charge in [0.1, 0.15) is 0 Å². The fraction of sp³-hybridized carbons (Fsp3) is 0.917. The number of amides is 1. The minimum absolute atomic E-state index is 0.147. The van der Waals surface area contributed by atoms with E-state index in [9.17, 15) is 4.79 Å². The first kappa shape index (κ1) is 12.5. The normalized spacial score (nSPS) is 36.2. The van der Waals surface area contributed by atoms with Gasteiger partial charge in [0.15, 0.2) is 0 Å². The molecule has 0 aliphatic carbocycles. The molecule has 15 heavy (non-hydrogen) atoms. The van der Waals surface area contributed by atoms with E-state index in [-0.39, 0.29) is 12.1 Å². The van der Waals surface area contributed by atoms with E-state index in [2.05, 4.69) is 19.2 Å². The first-order valence-electron chi connectivity index (χ1n) is 6.04. The summed E-state index contributed by atoms with van der Waals surface area (Å²) >= 11 is 0. The van der Waals surface area contributed by atoms with Gasteiger partial charge in [-0.15, -0.1) is 0 Å². The Morgan fingerprint density at radius 1 is 1.47 bits per heavy atom. The van der Waals surface area contributed by atoms with Crippen LogP contribution in [-0.2, 0) is 9.53 Å². The van der Waals surface area contributed by atoms with Gasteiger partial charge in [0.05, 0.1) is 18.2 Å². The summed E-state index contributed by atoms with van der Waals surface area (Å²) in [6.45, 7) is 6.46. The molecule has 2 unspecified atom stereocenters. The van der Waals surface area contributed by atoms with Crippen molar-refractivity contribution >= 4 is 6.41 Å². The van der Waals surface area contributed by atoms with E-state index in [4.69, 9.17) is 4.74 Å². The first-order chi connectivity index (χ1) is 7.19. The van der Waals surface area contributed by atoms with E-state index in [1.807, 2.05) is 6.92 Å². The molecule has 0 spiro atoms. The second kappa shape index (κ2) is 6.11. The average Bonchev–Trinajstić information content (AvgIpc) is 2.21. The number of nitrogens with one attached hydrogen (secondary N) is 1. The third kappa shape index (κ3) is 3.49. The Balaban J connectivity index is 2.43. The quantitative estimate of drug-likeness (QED) is 0.710. The minimum Gasteiger partial charge on any atom is -0.373 e. The maximum absolute atomic E-state index is 10.4. The Kier molecular flexibility index (Phi) is 5.09. The molecule has 1 saturated heterocycles. The van der Waals surface area contributed by atoms with E-state index >= 15 is 0 Å². The van der Waals surface area contributed by atoms with Crippen molar-refractivity contribution in [3.8, 4) is 0 Å². The zero-order chi connectivity index (χ0) is 11.3. The Labute approximate surface area is 92.6 Å². The number of ether oxygens (including phenoxy) is 1. The summed E-state index contributed by atoms with van der Waals surface area (Å²) in [7, 11) is 0. The van der Waals surface area contributed by atoms with Crippen molar-refractivity contribution in [3.63, 3.8) is 0 Å². The lowest BCUT2D eigenvalue weighted by molar-refractivity contribution is -0.118. The lowest BCUT2D eigenvalue weighted by atomic mass is 9.87. The zero-order valence-electron chi connectivity index (χ0n) is 10.0. The third-order valence-electron chi connectivity index (χ3n) is 3.34. The van der Waals surface area contributed by atoms with Crippen molar-refractivity contribution in [2.75, 3.05) is 0 Å². The lowest BCUT2D eigenvalue weighted by Crippen LogP contribution is -2.48. The molecule has 1 amide bonds. The van der Waals surface area contributed by atoms with Crippen LogP contribution in [0.3, 0.4) is 0 Å². The van der Waals surface area contributed by atoms with Crippen LogP contribution in [0.25, 0.3) is 0 Å². The highest BCUT2D eigenvalue weighted by Gasteiger charge is 2.32. The number of carbonyl (C=O) groups is 1. The van der Waals surface area contributed by atoms with Gasteiger partial charge in [-0.1, -0.05) is 26.7 Å². The maximum atomic E-state index is 10.4. The topological polar surface area (TPSA) is 38.3 Å². The molecule has 0 radical (unpaired) electrons. The number of rotatable bonds is 5. The summed E-state index contributed by atoms with van der Waals surface area (Å²) in [5.74, 6) is 0.546. The largest absolute Gasteiger partial charge is 0.373 e. The Hall–Kier alpha value is -0.570. The zero-order valence-corrected chi connectivity index (χ0v) is 10.0. The summed E-state index contributed by atoms with van der Waals surface area (Å²) in [6, 6.07) is 0.190. The Morgan fingerprint density at radius 3 is 2.80 bits per heavy atom. The molecule has 3 nitrogen and oxygen atoms in total. The van der Waals surface area contributed by atoms with E-state index in [0.29, 0.717) is 12.0 Å². The van der Waals surface area contributed by atoms with Gasteiger partial charge in [-0.3, -0.25) is 4.79 Å². The van der Waals surface area contributed by atoms with Gasteiger partial charge in [0.25, 0.3) is 0 Å². The number of unbranched alkanes of at least 4 members (excludes halogenated alkanes) is 1. The molecule has 0 aromatic rings. The summed E-state index contributed by atoms with van der Waals surface area (Å²) in [6.07, 6.45) is 5.94. The number of hydrogen-bond acceptors (Lipinski definition) is 2. The van der Waals surface area contributed by atoms with Crippen LogP contribution in [0.2, 0.25) is 0 Å². The highest BCUT2D eigenvalue weighted by molar-refractivity contribution is 5.46. The maximum Gasteiger partial charge on any atom is 0.207 e. The van der Waals surface area contributed by atoms with E-state index < -0.39 is 0 Å². The van der Waals surface area contributed by atoms with Crippen LogP contribution in [0.15, 0.2) is 0 Å². The van der Waals surface area contributed by atoms with Gasteiger partial charge in [0, 0.05) is 0 Å². The highest BCUT2D eigenvalue weighted by atomic mass is 16.5. The molecule has 1 aliphatic rings. The van der Waals surface area contributed by atoms with Crippen molar-refractivity contribution in [3.05, 3.63) is 0 Å². The van der Waals surface area contributed by atoms with Crippen LogP contribution in [0, 0.1) is 5.92 Å². The smallest absolute Gasteiger partial charge is 0.207 e. The molecule has 1 aliphatic heterocycles. The van der Waals surface area contributed by atoms with Gasteiger partial charge in [0.2, 0.25) is 6.41 Å². The van der Waals surface area contributed by atoms with Crippen LogP contribution < -0.4 is 5.32 Å². The van der Waals surface area contributed by atoms with Gasteiger partial charge in [-0.05, 0) is 25.7 Å². The van der Waals surface area contributed by atoms with Crippen molar-refractivity contribution in [1.29, 1.82) is 0 Å². The lowest BCUT2D eigenvalue weighted by Gasteiger charge is -2.38. The molecule has 1 heterocycles. The van der Waals surface area contributed by atoms with E-state index in [1.54, 1.807) is 0 Å². The molecule has 0 aromatic heterocycles. The summed E-state index contributed by atoms with van der Waals surface area (Å²) in [4.78, 5) is 10.4. The first-order valence-corrected chi connectivity index (χ1v) is 6.04. The molecule has 1 N–H and O–H groups in total. The molecule has 1 rings (SSSR count). The van der Waals surface area contributed by atoms with Crippen LogP contribution in [-0.4, -0.2) is 24.7 Å². The molecular weight excluding hydrogens is 190 g/mol. The van der Waals surface area contributed by atoms with Crippen molar-refractivity contribution in [1.82, 2.24) is 5.32 Å². The second-order valence-electron chi connectivity index (χ2n) is 4.63. The van der Waals surface area contributed by atoms with Crippen molar-refractivity contribution in [2.24, 2.45) is 5.92 Å². The standard InChI is InChI=1S/C12H23NO2/c1-4-5-6-12-9(2)7-11(13-8-14)10(3)15-12/h8-12H,4-7H2,1-3H3,(H,13,14)/t9-,10+,11?,12?/m0/s1. The van der Waals surface area contributed by atoms with E-state index in [1.165, 1.54) is 12.8 Å². The molecular formula is C12H23NO2. The summed E-state index contributed by atoms with van der Waals surface area (Å²) in [5.41, 5.74) is 0. The van der Waals surface area contributed by atoms with Crippen LogP contribution in [0.5, 0.6) is 0 Å². The molecule has 0 saturated carbocycles. The predicted octanol–water partition coefficient (Wildman–Crippen LogP) is 2.10. The Morgan fingerprint density at radius 2 is 2.20 bits per heavy atom. The van der Waals surface area contributed by atoms with Crippen molar-refractivity contribution in [2.45, 2.75) is 64.7 Å². The number of carbonyl (C=O) groups excluding carboxylic acids is 1. The fourth-order valence-corrected chi connectivity index (χ4v) is 2.30. The van der Waals surface area contributed by atoms with Gasteiger partial charge < -0.3 is 10.1 Å². The molecule has 0 aromatic carbocycles. The van der Waals surface area contributed by atoms with Gasteiger partial charge in [-0.2, -0.15) is 0 Å². The minimum atomic E-state index is 0.147. The summed E-state index contributed by atoms with van der Waals surface area (Å²) in [5, 5.41) is 2.84. The third-order valence-corrected chi connectivity index (χ3v) is 3.34. The second-order valence-corrected chi connectivity index (χ2v) is 4.63. The van der Waals surface area contributed by atoms with Crippen molar-refractivity contribution < 1.29 is 9.53 Å². The average molecular weight is 213 g/mol. The predicted molar refractivity (Wildman–Crippen MR) is 60.6 cm³/mol. The summed E-state index contributed by atoms with van der Waals surface area (Å²) < 4.78 is 5.94. The molecule has 3 heteroatoms. The monoisotopic (exact) mass is 213 g/mol. The van der Waals surface area contributed by atoms with Gasteiger partial charge >= 0.3 is 0 Å². The SMILES string of the molecule is CCCCC1O[C@H](C)C(NC=O)C[C@@H]1C. The number of hydrogen-bond donors (Lipinski definition) is 1. The molecule has 4 atom stereocenters. The van der Waals surface area contributed by atoms with Crippen LogP contribution >= 0.6 is 0 Å². The molecule has 1 fully saturated rings. The van der Waals surface area contributed by atoms with Crippen LogP contribution in [0.1, 0.15) is 46.5 Å². The fourth-order valence-electron chi connectivity index (χ4n) is 2.30. The Bertz CT molecular complexity index is 196. The molecule has 0 bridgehead atoms.